The van der Waals surface area contributed by atoms with Gasteiger partial charge in [0, 0.05) is 47.6 Å². The van der Waals surface area contributed by atoms with Crippen molar-refractivity contribution < 1.29 is 0 Å². The second-order valence-electron chi connectivity index (χ2n) is 7.54. The van der Waals surface area contributed by atoms with E-state index in [4.69, 9.17) is 9.98 Å². The van der Waals surface area contributed by atoms with Gasteiger partial charge in [0.1, 0.15) is 0 Å². The normalized spacial score (nSPS) is 33.6. The molecule has 0 N–H and O–H groups in total. The van der Waals surface area contributed by atoms with Gasteiger partial charge in [0.15, 0.2) is 0 Å². The molecule has 7 rings (SSSR count). The predicted molar refractivity (Wildman–Crippen MR) is 90.5 cm³/mol. The van der Waals surface area contributed by atoms with Gasteiger partial charge in [-0.25, -0.2) is 4.99 Å². The van der Waals surface area contributed by atoms with Crippen molar-refractivity contribution in [1.29, 1.82) is 0 Å². The molecule has 5 heterocycles. The van der Waals surface area contributed by atoms with E-state index in [1.54, 1.807) is 0 Å². The Hall–Kier alpha value is -1.90. The number of hydrogen-bond donors (Lipinski definition) is 0. The Morgan fingerprint density at radius 3 is 3.04 bits per heavy atom. The lowest BCUT2D eigenvalue weighted by molar-refractivity contribution is 0.113. The van der Waals surface area contributed by atoms with Crippen molar-refractivity contribution in [2.24, 2.45) is 21.8 Å². The minimum Gasteiger partial charge on any atom is -0.369 e. The first-order valence-corrected chi connectivity index (χ1v) is 9.14. The van der Waals surface area contributed by atoms with Gasteiger partial charge < -0.3 is 4.90 Å². The van der Waals surface area contributed by atoms with E-state index in [1.165, 1.54) is 65.5 Å². The van der Waals surface area contributed by atoms with Crippen LogP contribution in [0.2, 0.25) is 0 Å². The van der Waals surface area contributed by atoms with Crippen LogP contribution in [0.5, 0.6) is 0 Å². The third kappa shape index (κ3) is 1.51. The third-order valence-corrected chi connectivity index (χ3v) is 6.55. The first kappa shape index (κ1) is 12.5. The van der Waals surface area contributed by atoms with Gasteiger partial charge in [-0.3, -0.25) is 4.99 Å². The molecular weight excluding hydrogens is 282 g/mol. The molecule has 3 heteroatoms. The van der Waals surface area contributed by atoms with E-state index in [1.807, 2.05) is 0 Å². The largest absolute Gasteiger partial charge is 0.369 e. The number of fused-ring (bicyclic) bond motifs is 3. The van der Waals surface area contributed by atoms with Gasteiger partial charge in [0.25, 0.3) is 0 Å². The van der Waals surface area contributed by atoms with Crippen LogP contribution in [0, 0.1) is 11.8 Å². The first-order valence-electron chi connectivity index (χ1n) is 9.14. The Kier molecular flexibility index (Phi) is 2.36. The molecule has 116 valence electrons. The number of allylic oxidation sites excluding steroid dienone is 2. The smallest absolute Gasteiger partial charge is 0.0874 e. The number of nitrogens with zero attached hydrogens (tertiary/aromatic N) is 3. The van der Waals surface area contributed by atoms with Crippen molar-refractivity contribution in [3.8, 4) is 0 Å². The molecule has 2 bridgehead atoms. The Morgan fingerprint density at radius 1 is 1.09 bits per heavy atom. The minimum absolute atomic E-state index is 0.550. The van der Waals surface area contributed by atoms with Crippen LogP contribution in [0.15, 0.2) is 45.6 Å². The molecule has 3 nitrogen and oxygen atoms in total. The van der Waals surface area contributed by atoms with E-state index in [0.29, 0.717) is 12.0 Å². The topological polar surface area (TPSA) is 28.0 Å². The van der Waals surface area contributed by atoms with Gasteiger partial charge >= 0.3 is 0 Å². The first-order chi connectivity index (χ1) is 11.4. The van der Waals surface area contributed by atoms with Gasteiger partial charge in [0.05, 0.1) is 11.1 Å². The summed E-state index contributed by atoms with van der Waals surface area (Å²) in [4.78, 5) is 12.8. The molecule has 0 unspecified atom stereocenters. The summed E-state index contributed by atoms with van der Waals surface area (Å²) in [7, 11) is 0. The number of hydrogen-bond acceptors (Lipinski definition) is 3. The van der Waals surface area contributed by atoms with Crippen molar-refractivity contribution >= 4 is 11.3 Å². The van der Waals surface area contributed by atoms with Crippen LogP contribution in [0.4, 0.5) is 0 Å². The van der Waals surface area contributed by atoms with Crippen LogP contribution < -0.4 is 10.6 Å². The van der Waals surface area contributed by atoms with E-state index in [9.17, 15) is 0 Å². The Labute approximate surface area is 136 Å². The Balaban J connectivity index is 1.61. The lowest BCUT2D eigenvalue weighted by Gasteiger charge is -2.56. The molecule has 0 radical (unpaired) electrons. The highest BCUT2D eigenvalue weighted by Crippen LogP contribution is 2.50. The highest BCUT2D eigenvalue weighted by molar-refractivity contribution is 5.95. The fraction of sp³-hybridized carbons (Fsp3) is 0.500. The highest BCUT2D eigenvalue weighted by atomic mass is 15.2. The quantitative estimate of drug-likeness (QED) is 0.721. The second-order valence-corrected chi connectivity index (χ2v) is 7.54. The number of piperidine rings is 2. The molecule has 1 aromatic rings. The summed E-state index contributed by atoms with van der Waals surface area (Å²) < 4.78 is 0. The highest BCUT2D eigenvalue weighted by Gasteiger charge is 2.50. The van der Waals surface area contributed by atoms with Gasteiger partial charge in [-0.2, -0.15) is 0 Å². The van der Waals surface area contributed by atoms with Crippen molar-refractivity contribution in [1.82, 2.24) is 4.90 Å². The fourth-order valence-corrected chi connectivity index (χ4v) is 5.68. The molecule has 23 heavy (non-hydrogen) atoms. The fourth-order valence-electron chi connectivity index (χ4n) is 5.68. The van der Waals surface area contributed by atoms with Crippen molar-refractivity contribution in [2.75, 3.05) is 13.1 Å². The van der Waals surface area contributed by atoms with Crippen LogP contribution in [0.25, 0.3) is 5.57 Å². The van der Waals surface area contributed by atoms with E-state index in [0.717, 1.165) is 18.9 Å². The number of rotatable bonds is 0. The molecule has 3 atom stereocenters. The lowest BCUT2D eigenvalue weighted by atomic mass is 9.65. The third-order valence-electron chi connectivity index (χ3n) is 6.55. The SMILES string of the molecule is c1ccc2c(c1)=NC1=C3[C@H]4CC[C@H]([C@@H]5CCCN=C45)N3CCC=21. The molecule has 5 aliphatic heterocycles. The van der Waals surface area contributed by atoms with Gasteiger partial charge in [-0.05, 0) is 43.7 Å². The summed E-state index contributed by atoms with van der Waals surface area (Å²) in [5.74, 6) is 1.28. The molecule has 0 spiro atoms. The average molecular weight is 303 g/mol. The Bertz CT molecular complexity index is 892. The molecule has 6 aliphatic rings. The Morgan fingerprint density at radius 2 is 2.04 bits per heavy atom. The summed E-state index contributed by atoms with van der Waals surface area (Å²) in [6.45, 7) is 2.23. The van der Waals surface area contributed by atoms with Crippen LogP contribution >= 0.6 is 0 Å². The number of aliphatic imine (C=N–C) groups is 1. The molecule has 3 fully saturated rings. The number of para-hydroxylation sites is 1. The summed E-state index contributed by atoms with van der Waals surface area (Å²) in [6, 6.07) is 9.37. The molecule has 0 aromatic heterocycles. The zero-order valence-electron chi connectivity index (χ0n) is 13.3. The van der Waals surface area contributed by atoms with Gasteiger partial charge in [-0.1, -0.05) is 18.2 Å². The maximum atomic E-state index is 5.06. The lowest BCUT2D eigenvalue weighted by Crippen LogP contribution is -2.58. The maximum Gasteiger partial charge on any atom is 0.0874 e. The molecule has 0 amide bonds. The molecule has 1 aromatic carbocycles. The van der Waals surface area contributed by atoms with Crippen molar-refractivity contribution in [3.05, 3.63) is 46.2 Å². The summed E-state index contributed by atoms with van der Waals surface area (Å²) in [6.07, 6.45) is 6.43. The molecular formula is C20H21N3. The predicted octanol–water partition coefficient (Wildman–Crippen LogP) is 2.03. The van der Waals surface area contributed by atoms with Crippen LogP contribution in [0.3, 0.4) is 0 Å². The maximum absolute atomic E-state index is 5.06. The number of benzene rings is 1. The van der Waals surface area contributed by atoms with Crippen LogP contribution in [-0.2, 0) is 0 Å². The summed E-state index contributed by atoms with van der Waals surface area (Å²) in [5.41, 5.74) is 5.85. The monoisotopic (exact) mass is 303 g/mol. The minimum atomic E-state index is 0.550. The van der Waals surface area contributed by atoms with Gasteiger partial charge in [-0.15, -0.1) is 0 Å². The van der Waals surface area contributed by atoms with E-state index < -0.39 is 0 Å². The van der Waals surface area contributed by atoms with Gasteiger partial charge in [0.2, 0.25) is 0 Å². The van der Waals surface area contributed by atoms with Crippen LogP contribution in [0.1, 0.15) is 32.1 Å². The standard InChI is InChI=1S/C20H21N3/c1-2-6-16-12(4-1)13-9-11-23-17-8-7-15(20(23)19(13)22-16)18-14(17)5-3-10-21-18/h1-2,4,6,14-15,17H,3,5,7-11H2/t14-,15-,17+/m0/s1. The summed E-state index contributed by atoms with van der Waals surface area (Å²) in [5, 5.41) is 2.55. The van der Waals surface area contributed by atoms with E-state index in [-0.39, 0.29) is 0 Å². The molecule has 1 saturated carbocycles. The molecule has 2 saturated heterocycles. The van der Waals surface area contributed by atoms with Crippen LogP contribution in [-0.4, -0.2) is 29.7 Å². The average Bonchev–Trinajstić information content (AvgIpc) is 3.01. The molecule has 1 aliphatic carbocycles. The van der Waals surface area contributed by atoms with Crippen molar-refractivity contribution in [2.45, 2.75) is 38.1 Å². The second kappa shape index (κ2) is 4.34. The summed E-state index contributed by atoms with van der Waals surface area (Å²) >= 11 is 0. The zero-order valence-corrected chi connectivity index (χ0v) is 13.3. The van der Waals surface area contributed by atoms with Crippen molar-refractivity contribution in [3.63, 3.8) is 0 Å². The van der Waals surface area contributed by atoms with E-state index >= 15 is 0 Å². The van der Waals surface area contributed by atoms with E-state index in [2.05, 4.69) is 29.2 Å². The zero-order chi connectivity index (χ0) is 15.0.